The highest BCUT2D eigenvalue weighted by Gasteiger charge is 2.37. The van der Waals surface area contributed by atoms with Gasteiger partial charge < -0.3 is 10.6 Å². The molecule has 0 spiro atoms. The van der Waals surface area contributed by atoms with Crippen LogP contribution < -0.4 is 11.6 Å². The van der Waals surface area contributed by atoms with Gasteiger partial charge in [0.05, 0.1) is 11.1 Å². The summed E-state index contributed by atoms with van der Waals surface area (Å²) in [4.78, 5) is 1.18. The minimum atomic E-state index is -5.03. The quantitative estimate of drug-likeness (QED) is 0.141. The fraction of sp³-hybridized carbons (Fsp3) is 0.435. The standard InChI is InChI=1S/C23H27F8N5/c1-4-13(2)19-6-5-15(20(24)25)9-16(19)12-36(21(32)34-35(3)33)11-14-7-17(22(26,27)28)10-18(8-14)23(29,30)31/h5-10,13,20H,4,11-12,33H2,1-3H3,(H2,32,34). The van der Waals surface area contributed by atoms with E-state index in [2.05, 4.69) is 5.10 Å². The van der Waals surface area contributed by atoms with Crippen molar-refractivity contribution >= 4 is 5.96 Å². The summed E-state index contributed by atoms with van der Waals surface area (Å²) >= 11 is 0. The number of alkyl halides is 8. The molecule has 1 atom stereocenters. The Morgan fingerprint density at radius 1 is 0.944 bits per heavy atom. The van der Waals surface area contributed by atoms with E-state index in [0.29, 0.717) is 29.7 Å². The van der Waals surface area contributed by atoms with E-state index in [9.17, 15) is 35.1 Å². The fourth-order valence-electron chi connectivity index (χ4n) is 3.58. The average Bonchev–Trinajstić information content (AvgIpc) is 2.76. The van der Waals surface area contributed by atoms with Crippen molar-refractivity contribution in [3.05, 3.63) is 69.8 Å². The first kappa shape index (κ1) is 29.1. The van der Waals surface area contributed by atoms with Crippen LogP contribution in [-0.2, 0) is 25.4 Å². The van der Waals surface area contributed by atoms with Crippen LogP contribution in [0.15, 0.2) is 41.5 Å². The van der Waals surface area contributed by atoms with E-state index in [1.807, 2.05) is 13.8 Å². The fourth-order valence-corrected chi connectivity index (χ4v) is 3.58. The lowest BCUT2D eigenvalue weighted by molar-refractivity contribution is -0.143. The molecule has 2 aromatic carbocycles. The molecule has 0 aliphatic carbocycles. The highest BCUT2D eigenvalue weighted by molar-refractivity contribution is 5.77. The predicted octanol–water partition coefficient (Wildman–Crippen LogP) is 6.21. The van der Waals surface area contributed by atoms with E-state index in [-0.39, 0.29) is 35.6 Å². The molecule has 13 heteroatoms. The lowest BCUT2D eigenvalue weighted by Gasteiger charge is -2.27. The van der Waals surface area contributed by atoms with Gasteiger partial charge in [-0.3, -0.25) is 0 Å². The minimum Gasteiger partial charge on any atom is -0.368 e. The maximum atomic E-state index is 13.4. The molecule has 0 heterocycles. The Hall–Kier alpha value is -3.09. The molecule has 4 N–H and O–H groups in total. The number of hydrogen-bond donors (Lipinski definition) is 2. The molecule has 0 aliphatic heterocycles. The van der Waals surface area contributed by atoms with Gasteiger partial charge in [-0.15, -0.1) is 5.10 Å². The van der Waals surface area contributed by atoms with Gasteiger partial charge in [0.1, 0.15) is 0 Å². The van der Waals surface area contributed by atoms with Crippen LogP contribution in [0.4, 0.5) is 35.1 Å². The molecule has 0 radical (unpaired) electrons. The third kappa shape index (κ3) is 7.70. The Balaban J connectivity index is 2.62. The Bertz CT molecular complexity index is 1030. The summed E-state index contributed by atoms with van der Waals surface area (Å²) in [5, 5.41) is 4.61. The number of guanidine groups is 1. The normalized spacial score (nSPS) is 13.8. The predicted molar refractivity (Wildman–Crippen MR) is 119 cm³/mol. The molecule has 1 unspecified atom stereocenters. The van der Waals surface area contributed by atoms with Crippen LogP contribution in [-0.4, -0.2) is 23.0 Å². The summed E-state index contributed by atoms with van der Waals surface area (Å²) in [5.74, 6) is 5.08. The van der Waals surface area contributed by atoms with Crippen molar-refractivity contribution in [2.24, 2.45) is 16.7 Å². The highest BCUT2D eigenvalue weighted by Crippen LogP contribution is 2.37. The number of hydrazone groups is 1. The van der Waals surface area contributed by atoms with Crippen LogP contribution in [0.2, 0.25) is 0 Å². The monoisotopic (exact) mass is 525 g/mol. The highest BCUT2D eigenvalue weighted by atomic mass is 19.4. The molecule has 0 fully saturated rings. The molecule has 0 aliphatic rings. The molecular weight excluding hydrogens is 498 g/mol. The first-order valence-electron chi connectivity index (χ1n) is 10.8. The number of nitrogens with zero attached hydrogens (tertiary/aromatic N) is 3. The number of rotatable bonds is 8. The smallest absolute Gasteiger partial charge is 0.368 e. The largest absolute Gasteiger partial charge is 0.416 e. The second-order valence-electron chi connectivity index (χ2n) is 8.37. The third-order valence-corrected chi connectivity index (χ3v) is 5.53. The summed E-state index contributed by atoms with van der Waals surface area (Å²) in [6.07, 6.45) is -12.2. The molecule has 0 bridgehead atoms. The molecule has 0 aromatic heterocycles. The van der Waals surface area contributed by atoms with Crippen molar-refractivity contribution in [2.45, 2.75) is 58.1 Å². The van der Waals surface area contributed by atoms with E-state index in [1.54, 1.807) is 0 Å². The lowest BCUT2D eigenvalue weighted by Crippen LogP contribution is -2.39. The first-order valence-corrected chi connectivity index (χ1v) is 10.8. The summed E-state index contributed by atoms with van der Waals surface area (Å²) in [5.41, 5.74) is 3.42. The minimum absolute atomic E-state index is 0.0199. The summed E-state index contributed by atoms with van der Waals surface area (Å²) < 4.78 is 107. The van der Waals surface area contributed by atoms with Crippen molar-refractivity contribution in [1.29, 1.82) is 0 Å². The lowest BCUT2D eigenvalue weighted by atomic mass is 9.92. The SMILES string of the molecule is CCC(C)c1ccc(C(F)F)cc1CN(Cc1cc(C(F)(F)F)cc(C(F)(F)F)c1)/C(N)=N/N(C)N. The molecule has 0 saturated heterocycles. The van der Waals surface area contributed by atoms with Crippen molar-refractivity contribution in [3.8, 4) is 0 Å². The molecule has 5 nitrogen and oxygen atoms in total. The zero-order valence-electron chi connectivity index (χ0n) is 19.8. The Morgan fingerprint density at radius 3 is 1.94 bits per heavy atom. The Labute approximate surface area is 203 Å². The van der Waals surface area contributed by atoms with Gasteiger partial charge >= 0.3 is 12.4 Å². The molecule has 36 heavy (non-hydrogen) atoms. The zero-order chi connectivity index (χ0) is 27.4. The topological polar surface area (TPSA) is 70.9 Å². The van der Waals surface area contributed by atoms with Crippen molar-refractivity contribution in [1.82, 2.24) is 10.0 Å². The van der Waals surface area contributed by atoms with Gasteiger partial charge in [-0.1, -0.05) is 26.0 Å². The van der Waals surface area contributed by atoms with Crippen LogP contribution >= 0.6 is 0 Å². The number of halogens is 8. The second kappa shape index (κ2) is 11.3. The number of hydrogen-bond acceptors (Lipinski definition) is 3. The molecular formula is C23H27F8N5. The van der Waals surface area contributed by atoms with Crippen molar-refractivity contribution < 1.29 is 35.1 Å². The maximum absolute atomic E-state index is 13.4. The van der Waals surface area contributed by atoms with E-state index in [4.69, 9.17) is 11.6 Å². The van der Waals surface area contributed by atoms with Gasteiger partial charge in [-0.25, -0.2) is 19.7 Å². The molecule has 0 amide bonds. The van der Waals surface area contributed by atoms with Crippen molar-refractivity contribution in [3.63, 3.8) is 0 Å². The molecule has 2 rings (SSSR count). The van der Waals surface area contributed by atoms with Crippen LogP contribution in [0.3, 0.4) is 0 Å². The first-order chi connectivity index (χ1) is 16.5. The van der Waals surface area contributed by atoms with Crippen LogP contribution in [0.25, 0.3) is 0 Å². The van der Waals surface area contributed by atoms with Gasteiger partial charge in [0.15, 0.2) is 0 Å². The van der Waals surface area contributed by atoms with E-state index in [0.717, 1.165) is 5.12 Å². The zero-order valence-corrected chi connectivity index (χ0v) is 19.8. The molecule has 0 saturated carbocycles. The van der Waals surface area contributed by atoms with Gasteiger partial charge in [0.2, 0.25) is 5.96 Å². The summed E-state index contributed by atoms with van der Waals surface area (Å²) in [6, 6.07) is 5.21. The van der Waals surface area contributed by atoms with Gasteiger partial charge in [-0.2, -0.15) is 26.3 Å². The number of benzene rings is 2. The summed E-state index contributed by atoms with van der Waals surface area (Å²) in [7, 11) is 1.30. The molecule has 2 aromatic rings. The van der Waals surface area contributed by atoms with Crippen LogP contribution in [0.1, 0.15) is 66.0 Å². The van der Waals surface area contributed by atoms with E-state index >= 15 is 0 Å². The van der Waals surface area contributed by atoms with Gasteiger partial charge in [0.25, 0.3) is 6.43 Å². The van der Waals surface area contributed by atoms with Crippen molar-refractivity contribution in [2.75, 3.05) is 7.05 Å². The van der Waals surface area contributed by atoms with Gasteiger partial charge in [0, 0.05) is 25.7 Å². The number of nitrogens with two attached hydrogens (primary N) is 2. The van der Waals surface area contributed by atoms with E-state index in [1.165, 1.54) is 30.1 Å². The number of hydrazine groups is 1. The van der Waals surface area contributed by atoms with Gasteiger partial charge in [-0.05, 0) is 53.3 Å². The second-order valence-corrected chi connectivity index (χ2v) is 8.37. The van der Waals surface area contributed by atoms with Crippen LogP contribution in [0, 0.1) is 0 Å². The Morgan fingerprint density at radius 2 is 1.50 bits per heavy atom. The average molecular weight is 525 g/mol. The third-order valence-electron chi connectivity index (χ3n) is 5.53. The Kier molecular flexibility index (Phi) is 9.16. The summed E-state index contributed by atoms with van der Waals surface area (Å²) in [6.45, 7) is 2.99. The van der Waals surface area contributed by atoms with E-state index < -0.39 is 36.4 Å². The van der Waals surface area contributed by atoms with Crippen LogP contribution in [0.5, 0.6) is 0 Å². The molecule has 200 valence electrons. The maximum Gasteiger partial charge on any atom is 0.416 e.